The first kappa shape index (κ1) is 16.7. The van der Waals surface area contributed by atoms with Crippen LogP contribution in [0, 0.1) is 6.92 Å². The van der Waals surface area contributed by atoms with Gasteiger partial charge in [0.25, 0.3) is 0 Å². The van der Waals surface area contributed by atoms with Crippen molar-refractivity contribution in [2.75, 3.05) is 0 Å². The van der Waals surface area contributed by atoms with Crippen molar-refractivity contribution in [3.8, 4) is 0 Å². The van der Waals surface area contributed by atoms with E-state index in [1.165, 1.54) is 65.6 Å². The summed E-state index contributed by atoms with van der Waals surface area (Å²) >= 11 is 9.23. The summed E-state index contributed by atoms with van der Waals surface area (Å²) in [6, 6.07) is 2.26. The zero-order valence-electron chi connectivity index (χ0n) is 11.5. The molecule has 0 aliphatic heterocycles. The van der Waals surface area contributed by atoms with E-state index in [2.05, 4.69) is 51.8 Å². The van der Waals surface area contributed by atoms with Gasteiger partial charge >= 0.3 is 0 Å². The highest BCUT2D eigenvalue weighted by Crippen LogP contribution is 2.37. The zero-order chi connectivity index (χ0) is 13.4. The van der Waals surface area contributed by atoms with Crippen molar-refractivity contribution in [2.45, 2.75) is 70.0 Å². The Kier molecular flexibility index (Phi) is 8.86. The zero-order valence-corrected chi connectivity index (χ0v) is 15.5. The molecule has 0 N–H and O–H groups in total. The van der Waals surface area contributed by atoms with Crippen molar-refractivity contribution in [3.63, 3.8) is 0 Å². The maximum atomic E-state index is 3.83. The van der Waals surface area contributed by atoms with Gasteiger partial charge in [-0.15, -0.1) is 11.3 Å². The van der Waals surface area contributed by atoms with Gasteiger partial charge in [0.15, 0.2) is 0 Å². The van der Waals surface area contributed by atoms with Gasteiger partial charge in [-0.25, -0.2) is 0 Å². The molecule has 0 amide bonds. The van der Waals surface area contributed by atoms with E-state index >= 15 is 0 Å². The van der Waals surface area contributed by atoms with E-state index < -0.39 is 0 Å². The van der Waals surface area contributed by atoms with Crippen molar-refractivity contribution in [1.82, 2.24) is 0 Å². The molecule has 1 aromatic heterocycles. The molecule has 1 unspecified atom stereocenters. The van der Waals surface area contributed by atoms with Crippen LogP contribution in [-0.2, 0) is 0 Å². The summed E-state index contributed by atoms with van der Waals surface area (Å²) in [6.45, 7) is 4.49. The molecule has 1 atom stereocenters. The van der Waals surface area contributed by atoms with E-state index in [-0.39, 0.29) is 0 Å². The Labute approximate surface area is 133 Å². The van der Waals surface area contributed by atoms with Crippen LogP contribution in [0.3, 0.4) is 0 Å². The second-order valence-corrected chi connectivity index (χ2v) is 8.68. The standard InChI is InChI=1S/C15H24Br2S/c1-3-4-5-6-7-8-9-10-14(16)13-11-15(17)18-12(13)2/h11,14H,3-10H2,1-2H3. The number of unbranched alkanes of at least 4 members (excludes halogenated alkanes) is 6. The minimum Gasteiger partial charge on any atom is -0.133 e. The molecule has 0 radical (unpaired) electrons. The second-order valence-electron chi connectivity index (χ2n) is 4.94. The third kappa shape index (κ3) is 6.21. The topological polar surface area (TPSA) is 0 Å². The van der Waals surface area contributed by atoms with Gasteiger partial charge in [-0.3, -0.25) is 0 Å². The van der Waals surface area contributed by atoms with Crippen LogP contribution in [0.4, 0.5) is 0 Å². The van der Waals surface area contributed by atoms with Crippen LogP contribution in [-0.4, -0.2) is 0 Å². The lowest BCUT2D eigenvalue weighted by Crippen LogP contribution is -1.90. The summed E-state index contributed by atoms with van der Waals surface area (Å²) in [7, 11) is 0. The Morgan fingerprint density at radius 1 is 1.11 bits per heavy atom. The van der Waals surface area contributed by atoms with Gasteiger partial charge in [0.05, 0.1) is 3.79 Å². The van der Waals surface area contributed by atoms with Crippen molar-refractivity contribution >= 4 is 43.2 Å². The quantitative estimate of drug-likeness (QED) is 0.301. The van der Waals surface area contributed by atoms with Crippen LogP contribution >= 0.6 is 43.2 Å². The van der Waals surface area contributed by atoms with Gasteiger partial charge in [0, 0.05) is 9.70 Å². The average molecular weight is 396 g/mol. The molecule has 1 aromatic rings. The van der Waals surface area contributed by atoms with Gasteiger partial charge in [0.1, 0.15) is 0 Å². The maximum Gasteiger partial charge on any atom is 0.0704 e. The van der Waals surface area contributed by atoms with Gasteiger partial charge in [-0.05, 0) is 40.9 Å². The fraction of sp³-hybridized carbons (Fsp3) is 0.733. The van der Waals surface area contributed by atoms with Crippen molar-refractivity contribution < 1.29 is 0 Å². The SMILES string of the molecule is CCCCCCCCCC(Br)c1cc(Br)sc1C. The average Bonchev–Trinajstić information content (AvgIpc) is 2.67. The van der Waals surface area contributed by atoms with Crippen molar-refractivity contribution in [2.24, 2.45) is 0 Å². The fourth-order valence-electron chi connectivity index (χ4n) is 2.21. The Morgan fingerprint density at radius 2 is 1.72 bits per heavy atom. The third-order valence-corrected chi connectivity index (χ3v) is 5.85. The highest BCUT2D eigenvalue weighted by molar-refractivity contribution is 9.11. The minimum atomic E-state index is 0.538. The fourth-order valence-corrected chi connectivity index (χ4v) is 4.93. The van der Waals surface area contributed by atoms with Crippen LogP contribution in [0.15, 0.2) is 9.85 Å². The first-order chi connectivity index (χ1) is 8.65. The summed E-state index contributed by atoms with van der Waals surface area (Å²) in [5, 5.41) is 0. The summed E-state index contributed by atoms with van der Waals surface area (Å²) in [5.41, 5.74) is 1.47. The number of alkyl halides is 1. The molecule has 0 fully saturated rings. The highest BCUT2D eigenvalue weighted by Gasteiger charge is 2.12. The predicted molar refractivity (Wildman–Crippen MR) is 91.0 cm³/mol. The van der Waals surface area contributed by atoms with Crippen molar-refractivity contribution in [1.29, 1.82) is 0 Å². The number of hydrogen-bond acceptors (Lipinski definition) is 1. The molecule has 0 saturated heterocycles. The number of thiophene rings is 1. The summed E-state index contributed by atoms with van der Waals surface area (Å²) < 4.78 is 1.25. The molecule has 0 saturated carbocycles. The third-order valence-electron chi connectivity index (χ3n) is 3.32. The van der Waals surface area contributed by atoms with E-state index in [0.29, 0.717) is 4.83 Å². The molecule has 0 aliphatic carbocycles. The first-order valence-electron chi connectivity index (χ1n) is 7.05. The molecule has 0 nitrogen and oxygen atoms in total. The lowest BCUT2D eigenvalue weighted by atomic mass is 10.0. The Bertz CT molecular complexity index is 333. The molecular formula is C15H24Br2S. The lowest BCUT2D eigenvalue weighted by molar-refractivity contribution is 0.574. The number of hydrogen-bond donors (Lipinski definition) is 0. The van der Waals surface area contributed by atoms with Crippen molar-refractivity contribution in [3.05, 3.63) is 20.3 Å². The Hall–Kier alpha value is 0.660. The number of halogens is 2. The van der Waals surface area contributed by atoms with Gasteiger partial charge in [-0.1, -0.05) is 67.8 Å². The highest BCUT2D eigenvalue weighted by atomic mass is 79.9. The summed E-state index contributed by atoms with van der Waals surface area (Å²) in [5.74, 6) is 0. The number of aryl methyl sites for hydroxylation is 1. The molecule has 1 heterocycles. The predicted octanol–water partition coefficient (Wildman–Crippen LogP) is 7.40. The molecule has 0 aliphatic rings. The van der Waals surface area contributed by atoms with Crippen LogP contribution in [0.2, 0.25) is 0 Å². The van der Waals surface area contributed by atoms with Crippen LogP contribution in [0.5, 0.6) is 0 Å². The smallest absolute Gasteiger partial charge is 0.0704 e. The largest absolute Gasteiger partial charge is 0.133 e. The summed E-state index contributed by atoms with van der Waals surface area (Å²) in [6.07, 6.45) is 11.0. The molecule has 104 valence electrons. The molecular weight excluding hydrogens is 372 g/mol. The molecule has 0 bridgehead atoms. The minimum absolute atomic E-state index is 0.538. The van der Waals surface area contributed by atoms with E-state index in [0.717, 1.165) is 0 Å². The normalized spacial score (nSPS) is 12.9. The molecule has 18 heavy (non-hydrogen) atoms. The Balaban J connectivity index is 2.14. The molecule has 3 heteroatoms. The monoisotopic (exact) mass is 394 g/mol. The van der Waals surface area contributed by atoms with E-state index in [4.69, 9.17) is 0 Å². The molecule has 1 rings (SSSR count). The van der Waals surface area contributed by atoms with E-state index in [9.17, 15) is 0 Å². The maximum absolute atomic E-state index is 3.83. The summed E-state index contributed by atoms with van der Waals surface area (Å²) in [4.78, 5) is 1.97. The van der Waals surface area contributed by atoms with E-state index in [1.54, 1.807) is 0 Å². The van der Waals surface area contributed by atoms with Crippen LogP contribution in [0.25, 0.3) is 0 Å². The van der Waals surface area contributed by atoms with E-state index in [1.807, 2.05) is 11.3 Å². The van der Waals surface area contributed by atoms with Gasteiger partial charge in [0.2, 0.25) is 0 Å². The first-order valence-corrected chi connectivity index (χ1v) is 9.57. The van der Waals surface area contributed by atoms with Crippen LogP contribution < -0.4 is 0 Å². The lowest BCUT2D eigenvalue weighted by Gasteiger charge is -2.09. The Morgan fingerprint density at radius 3 is 2.28 bits per heavy atom. The van der Waals surface area contributed by atoms with Gasteiger partial charge in [-0.2, -0.15) is 0 Å². The van der Waals surface area contributed by atoms with Crippen LogP contribution in [0.1, 0.15) is 73.6 Å². The second kappa shape index (κ2) is 9.55. The number of rotatable bonds is 9. The molecule has 0 spiro atoms. The molecule has 0 aromatic carbocycles. The van der Waals surface area contributed by atoms with Gasteiger partial charge < -0.3 is 0 Å².